The summed E-state index contributed by atoms with van der Waals surface area (Å²) in [5.41, 5.74) is -0.482. The van der Waals surface area contributed by atoms with Crippen molar-refractivity contribution in [2.75, 3.05) is 13.7 Å². The zero-order chi connectivity index (χ0) is 27.8. The Hall–Kier alpha value is -3.26. The van der Waals surface area contributed by atoms with Crippen molar-refractivity contribution in [2.45, 2.75) is 58.2 Å². The molecule has 0 unspecified atom stereocenters. The highest BCUT2D eigenvalue weighted by Gasteiger charge is 2.54. The average Bonchev–Trinajstić information content (AvgIpc) is 2.91. The molecule has 0 radical (unpaired) electrons. The standard InChI is InChI=1S/C31H39NO5Si/c1-7-31(29(34)35-6,32(37-25(2)33)23-26-17-11-8-12-18-26)24-36-38(30(3,4)5,27-19-13-9-14-20-27)28-21-15-10-16-22-28/h8-22H,7,23-24H2,1-6H3/t31-/m1/s1. The van der Waals surface area contributed by atoms with Gasteiger partial charge in [-0.1, -0.05) is 119 Å². The van der Waals surface area contributed by atoms with Crippen molar-refractivity contribution in [1.82, 2.24) is 5.06 Å². The van der Waals surface area contributed by atoms with Crippen LogP contribution in [0.25, 0.3) is 0 Å². The molecule has 0 aliphatic heterocycles. The molecular formula is C31H39NO5Si. The minimum Gasteiger partial charge on any atom is -0.467 e. The number of esters is 1. The number of ether oxygens (including phenoxy) is 1. The first-order valence-electron chi connectivity index (χ1n) is 12.9. The third-order valence-electron chi connectivity index (χ3n) is 6.98. The van der Waals surface area contributed by atoms with Gasteiger partial charge in [0.1, 0.15) is 0 Å². The maximum Gasteiger partial charge on any atom is 0.332 e. The first kappa shape index (κ1) is 29.3. The highest BCUT2D eigenvalue weighted by molar-refractivity contribution is 6.99. The van der Waals surface area contributed by atoms with Crippen LogP contribution >= 0.6 is 0 Å². The Morgan fingerprint density at radius 2 is 1.29 bits per heavy atom. The van der Waals surface area contributed by atoms with E-state index in [4.69, 9.17) is 14.0 Å². The minimum absolute atomic E-state index is 0.0242. The lowest BCUT2D eigenvalue weighted by molar-refractivity contribution is -0.236. The normalized spacial score (nSPS) is 13.6. The van der Waals surface area contributed by atoms with Crippen LogP contribution in [0.5, 0.6) is 0 Å². The second kappa shape index (κ2) is 12.5. The molecule has 0 spiro atoms. The van der Waals surface area contributed by atoms with Crippen LogP contribution in [0.15, 0.2) is 91.0 Å². The van der Waals surface area contributed by atoms with Gasteiger partial charge in [-0.15, -0.1) is 5.06 Å². The van der Waals surface area contributed by atoms with Gasteiger partial charge in [0.05, 0.1) is 20.3 Å². The lowest BCUT2D eigenvalue weighted by Gasteiger charge is -2.46. The van der Waals surface area contributed by atoms with E-state index in [-0.39, 0.29) is 18.2 Å². The molecule has 7 heteroatoms. The summed E-state index contributed by atoms with van der Waals surface area (Å²) in [6.45, 7) is 9.93. The zero-order valence-corrected chi connectivity index (χ0v) is 24.3. The van der Waals surface area contributed by atoms with Crippen LogP contribution in [0, 0.1) is 0 Å². The Labute approximate surface area is 227 Å². The maximum absolute atomic E-state index is 13.6. The van der Waals surface area contributed by atoms with E-state index in [0.717, 1.165) is 15.9 Å². The Morgan fingerprint density at radius 3 is 1.68 bits per heavy atom. The summed E-state index contributed by atoms with van der Waals surface area (Å²) in [4.78, 5) is 31.6. The van der Waals surface area contributed by atoms with Crippen molar-refractivity contribution in [1.29, 1.82) is 0 Å². The SMILES string of the molecule is CC[C@@](CO[Si](c1ccccc1)(c1ccccc1)C(C)(C)C)(C(=O)OC)N(Cc1ccccc1)OC(C)=O. The zero-order valence-electron chi connectivity index (χ0n) is 23.3. The summed E-state index contributed by atoms with van der Waals surface area (Å²) < 4.78 is 12.5. The van der Waals surface area contributed by atoms with E-state index in [1.807, 2.05) is 73.7 Å². The van der Waals surface area contributed by atoms with E-state index in [1.54, 1.807) is 0 Å². The molecule has 0 amide bonds. The number of rotatable bonds is 11. The lowest BCUT2D eigenvalue weighted by atomic mass is 9.96. The van der Waals surface area contributed by atoms with Gasteiger partial charge >= 0.3 is 11.9 Å². The Morgan fingerprint density at radius 1 is 0.816 bits per heavy atom. The van der Waals surface area contributed by atoms with Crippen molar-refractivity contribution in [2.24, 2.45) is 0 Å². The number of benzene rings is 3. The number of hydrogen-bond acceptors (Lipinski definition) is 6. The fourth-order valence-electron chi connectivity index (χ4n) is 5.01. The predicted octanol–water partition coefficient (Wildman–Crippen LogP) is 4.87. The van der Waals surface area contributed by atoms with Crippen molar-refractivity contribution in [3.8, 4) is 0 Å². The first-order chi connectivity index (χ1) is 18.1. The van der Waals surface area contributed by atoms with Crippen LogP contribution < -0.4 is 10.4 Å². The molecule has 3 aromatic carbocycles. The molecule has 0 saturated heterocycles. The molecule has 1 atom stereocenters. The topological polar surface area (TPSA) is 65.1 Å². The number of hydroxylamine groups is 2. The molecule has 0 saturated carbocycles. The van der Waals surface area contributed by atoms with Gasteiger partial charge < -0.3 is 14.0 Å². The molecule has 0 aromatic heterocycles. The van der Waals surface area contributed by atoms with Gasteiger partial charge in [-0.2, -0.15) is 0 Å². The third-order valence-corrected chi connectivity index (χ3v) is 12.0. The second-order valence-corrected chi connectivity index (χ2v) is 14.7. The van der Waals surface area contributed by atoms with Gasteiger partial charge in [0.25, 0.3) is 8.32 Å². The number of hydrogen-bond donors (Lipinski definition) is 0. The molecular weight excluding hydrogens is 494 g/mol. The predicted molar refractivity (Wildman–Crippen MR) is 152 cm³/mol. The van der Waals surface area contributed by atoms with E-state index in [2.05, 4.69) is 45.0 Å². The largest absolute Gasteiger partial charge is 0.467 e. The van der Waals surface area contributed by atoms with Crippen LogP contribution in [0.1, 0.15) is 46.6 Å². The highest BCUT2D eigenvalue weighted by atomic mass is 28.4. The van der Waals surface area contributed by atoms with Gasteiger partial charge in [0.15, 0.2) is 5.54 Å². The van der Waals surface area contributed by atoms with Crippen LogP contribution in [0.4, 0.5) is 0 Å². The van der Waals surface area contributed by atoms with Gasteiger partial charge in [0.2, 0.25) is 0 Å². The fraction of sp³-hybridized carbons (Fsp3) is 0.355. The number of nitrogens with zero attached hydrogens (tertiary/aromatic N) is 1. The molecule has 0 fully saturated rings. The first-order valence-corrected chi connectivity index (χ1v) is 14.8. The molecule has 0 heterocycles. The quantitative estimate of drug-likeness (QED) is 0.199. The molecule has 202 valence electrons. The summed E-state index contributed by atoms with van der Waals surface area (Å²) >= 11 is 0. The van der Waals surface area contributed by atoms with Gasteiger partial charge in [-0.05, 0) is 27.4 Å². The van der Waals surface area contributed by atoms with E-state index < -0.39 is 25.8 Å². The van der Waals surface area contributed by atoms with Crippen LogP contribution in [-0.4, -0.2) is 44.6 Å². The maximum atomic E-state index is 13.6. The monoisotopic (exact) mass is 533 g/mol. The summed E-state index contributed by atoms with van der Waals surface area (Å²) in [5.74, 6) is -1.04. The molecule has 0 aliphatic rings. The molecule has 6 nitrogen and oxygen atoms in total. The van der Waals surface area contributed by atoms with E-state index in [9.17, 15) is 9.59 Å². The minimum atomic E-state index is -2.99. The Bertz CT molecular complexity index is 1140. The second-order valence-electron chi connectivity index (χ2n) is 10.4. The number of carbonyl (C=O) groups is 2. The van der Waals surface area contributed by atoms with Crippen LogP contribution in [0.3, 0.4) is 0 Å². The summed E-state index contributed by atoms with van der Waals surface area (Å²) in [6, 6.07) is 30.0. The van der Waals surface area contributed by atoms with Gasteiger partial charge in [-0.25, -0.2) is 4.79 Å². The van der Waals surface area contributed by atoms with Crippen molar-refractivity contribution >= 4 is 30.6 Å². The van der Waals surface area contributed by atoms with E-state index in [0.29, 0.717) is 6.42 Å². The van der Waals surface area contributed by atoms with E-state index >= 15 is 0 Å². The van der Waals surface area contributed by atoms with Gasteiger partial charge in [0, 0.05) is 6.92 Å². The number of methoxy groups -OCH3 is 1. The Kier molecular flexibility index (Phi) is 9.65. The lowest BCUT2D eigenvalue weighted by Crippen LogP contribution is -2.69. The van der Waals surface area contributed by atoms with Crippen molar-refractivity contribution < 1.29 is 23.6 Å². The Balaban J connectivity index is 2.18. The van der Waals surface area contributed by atoms with Crippen LogP contribution in [0.2, 0.25) is 5.04 Å². The third kappa shape index (κ3) is 6.06. The molecule has 38 heavy (non-hydrogen) atoms. The summed E-state index contributed by atoms with van der Waals surface area (Å²) in [7, 11) is -1.64. The molecule has 0 N–H and O–H groups in total. The number of carbonyl (C=O) groups excluding carboxylic acids is 2. The fourth-order valence-corrected chi connectivity index (χ4v) is 9.62. The summed E-state index contributed by atoms with van der Waals surface area (Å²) in [6.07, 6.45) is 0.304. The smallest absolute Gasteiger partial charge is 0.332 e. The van der Waals surface area contributed by atoms with Crippen LogP contribution in [-0.2, 0) is 30.1 Å². The molecule has 0 bridgehead atoms. The molecule has 0 aliphatic carbocycles. The van der Waals surface area contributed by atoms with Crippen molar-refractivity contribution in [3.63, 3.8) is 0 Å². The van der Waals surface area contributed by atoms with Crippen molar-refractivity contribution in [3.05, 3.63) is 96.6 Å². The van der Waals surface area contributed by atoms with Gasteiger partial charge in [-0.3, -0.25) is 4.79 Å². The summed E-state index contributed by atoms with van der Waals surface area (Å²) in [5, 5.41) is 3.33. The highest BCUT2D eigenvalue weighted by Crippen LogP contribution is 2.38. The van der Waals surface area contributed by atoms with E-state index in [1.165, 1.54) is 19.1 Å². The average molecular weight is 534 g/mol. The molecule has 3 aromatic rings. The molecule has 3 rings (SSSR count).